The molecular formula is C9H9F3N2O. The SMILES string of the molecule is NC(=O)C(N)c1ccccc1C(F)(F)F. The monoisotopic (exact) mass is 218 g/mol. The summed E-state index contributed by atoms with van der Waals surface area (Å²) in [6.45, 7) is 0. The molecule has 0 aromatic heterocycles. The number of carbonyl (C=O) groups is 1. The van der Waals surface area contributed by atoms with Crippen LogP contribution in [0.3, 0.4) is 0 Å². The summed E-state index contributed by atoms with van der Waals surface area (Å²) in [6, 6.07) is 3.15. The summed E-state index contributed by atoms with van der Waals surface area (Å²) in [4.78, 5) is 10.7. The van der Waals surface area contributed by atoms with Crippen LogP contribution in [0, 0.1) is 0 Å². The largest absolute Gasteiger partial charge is 0.416 e. The number of benzene rings is 1. The predicted octanol–water partition coefficient (Wildman–Crippen LogP) is 1.19. The van der Waals surface area contributed by atoms with Crippen LogP contribution >= 0.6 is 0 Å². The smallest absolute Gasteiger partial charge is 0.368 e. The third-order valence-corrected chi connectivity index (χ3v) is 1.91. The summed E-state index contributed by atoms with van der Waals surface area (Å²) in [5, 5.41) is 0. The molecule has 6 heteroatoms. The van der Waals surface area contributed by atoms with E-state index in [-0.39, 0.29) is 5.56 Å². The number of rotatable bonds is 2. The van der Waals surface area contributed by atoms with E-state index in [0.717, 1.165) is 12.1 Å². The second-order valence-electron chi connectivity index (χ2n) is 2.97. The van der Waals surface area contributed by atoms with Gasteiger partial charge in [-0.3, -0.25) is 4.79 Å². The van der Waals surface area contributed by atoms with Gasteiger partial charge >= 0.3 is 6.18 Å². The fourth-order valence-corrected chi connectivity index (χ4v) is 1.18. The molecule has 1 atom stereocenters. The van der Waals surface area contributed by atoms with Crippen molar-refractivity contribution in [3.63, 3.8) is 0 Å². The molecule has 0 heterocycles. The minimum Gasteiger partial charge on any atom is -0.368 e. The van der Waals surface area contributed by atoms with Crippen molar-refractivity contribution in [2.24, 2.45) is 11.5 Å². The third-order valence-electron chi connectivity index (χ3n) is 1.91. The molecule has 1 aromatic rings. The first kappa shape index (κ1) is 11.5. The van der Waals surface area contributed by atoms with Crippen molar-refractivity contribution in [2.75, 3.05) is 0 Å². The molecule has 0 bridgehead atoms. The van der Waals surface area contributed by atoms with Gasteiger partial charge in [-0.2, -0.15) is 13.2 Å². The average molecular weight is 218 g/mol. The molecule has 1 rings (SSSR count). The third kappa shape index (κ3) is 2.47. The van der Waals surface area contributed by atoms with Crippen molar-refractivity contribution in [3.8, 4) is 0 Å². The number of alkyl halides is 3. The zero-order valence-corrected chi connectivity index (χ0v) is 7.58. The number of hydrogen-bond donors (Lipinski definition) is 2. The highest BCUT2D eigenvalue weighted by Gasteiger charge is 2.35. The molecule has 4 N–H and O–H groups in total. The Morgan fingerprint density at radius 1 is 1.27 bits per heavy atom. The quantitative estimate of drug-likeness (QED) is 0.782. The molecule has 0 aliphatic carbocycles. The summed E-state index contributed by atoms with van der Waals surface area (Å²) >= 11 is 0. The Hall–Kier alpha value is -1.56. The van der Waals surface area contributed by atoms with Crippen LogP contribution in [0.1, 0.15) is 17.2 Å². The van der Waals surface area contributed by atoms with Gasteiger partial charge in [0.1, 0.15) is 6.04 Å². The zero-order chi connectivity index (χ0) is 11.6. The van der Waals surface area contributed by atoms with E-state index in [0.29, 0.717) is 0 Å². The van der Waals surface area contributed by atoms with Crippen LogP contribution in [0.15, 0.2) is 24.3 Å². The van der Waals surface area contributed by atoms with Gasteiger partial charge in [0.2, 0.25) is 5.91 Å². The first-order chi connectivity index (χ1) is 6.84. The number of primary amides is 1. The number of halogens is 3. The van der Waals surface area contributed by atoms with Gasteiger partial charge in [-0.25, -0.2) is 0 Å². The maximum absolute atomic E-state index is 12.5. The Labute approximate surface area is 83.9 Å². The van der Waals surface area contributed by atoms with Gasteiger partial charge in [0.15, 0.2) is 0 Å². The molecule has 15 heavy (non-hydrogen) atoms. The van der Waals surface area contributed by atoms with Crippen LogP contribution in [0.2, 0.25) is 0 Å². The molecule has 0 aliphatic heterocycles. The lowest BCUT2D eigenvalue weighted by molar-refractivity contribution is -0.138. The van der Waals surface area contributed by atoms with Crippen LogP contribution in [0.4, 0.5) is 13.2 Å². The van der Waals surface area contributed by atoms with Crippen LogP contribution in [0.5, 0.6) is 0 Å². The first-order valence-electron chi connectivity index (χ1n) is 4.05. The summed E-state index contributed by atoms with van der Waals surface area (Å²) < 4.78 is 37.4. The van der Waals surface area contributed by atoms with E-state index in [2.05, 4.69) is 0 Å². The van der Waals surface area contributed by atoms with Crippen molar-refractivity contribution in [3.05, 3.63) is 35.4 Å². The highest BCUT2D eigenvalue weighted by molar-refractivity contribution is 5.81. The Morgan fingerprint density at radius 2 is 1.80 bits per heavy atom. The molecule has 0 fully saturated rings. The Bertz CT molecular complexity index is 376. The molecule has 0 spiro atoms. The summed E-state index contributed by atoms with van der Waals surface area (Å²) in [5.41, 5.74) is 8.87. The molecule has 82 valence electrons. The van der Waals surface area contributed by atoms with E-state index in [9.17, 15) is 18.0 Å². The molecule has 1 unspecified atom stereocenters. The lowest BCUT2D eigenvalue weighted by atomic mass is 10.0. The van der Waals surface area contributed by atoms with Crippen LogP contribution < -0.4 is 11.5 Å². The second-order valence-corrected chi connectivity index (χ2v) is 2.97. The van der Waals surface area contributed by atoms with Gasteiger partial charge in [-0.1, -0.05) is 18.2 Å². The van der Waals surface area contributed by atoms with Crippen molar-refractivity contribution in [1.29, 1.82) is 0 Å². The number of amides is 1. The van der Waals surface area contributed by atoms with Crippen LogP contribution in [-0.2, 0) is 11.0 Å². The first-order valence-corrected chi connectivity index (χ1v) is 4.05. The highest BCUT2D eigenvalue weighted by Crippen LogP contribution is 2.33. The zero-order valence-electron chi connectivity index (χ0n) is 7.58. The molecular weight excluding hydrogens is 209 g/mol. The molecule has 0 saturated heterocycles. The molecule has 1 aromatic carbocycles. The molecule has 0 aliphatic rings. The molecule has 0 saturated carbocycles. The van der Waals surface area contributed by atoms with Crippen LogP contribution in [0.25, 0.3) is 0 Å². The average Bonchev–Trinajstić information content (AvgIpc) is 2.15. The standard InChI is InChI=1S/C9H9F3N2O/c10-9(11,12)6-4-2-1-3-5(6)7(13)8(14)15/h1-4,7H,13H2,(H2,14,15). The van der Waals surface area contributed by atoms with Gasteiger partial charge in [-0.05, 0) is 11.6 Å². The van der Waals surface area contributed by atoms with Gasteiger partial charge in [0.05, 0.1) is 5.56 Å². The van der Waals surface area contributed by atoms with Gasteiger partial charge in [-0.15, -0.1) is 0 Å². The Balaban J connectivity index is 3.24. The normalized spacial score (nSPS) is 13.6. The van der Waals surface area contributed by atoms with E-state index in [1.807, 2.05) is 0 Å². The number of hydrogen-bond acceptors (Lipinski definition) is 2. The Morgan fingerprint density at radius 3 is 2.27 bits per heavy atom. The predicted molar refractivity (Wildman–Crippen MR) is 47.6 cm³/mol. The van der Waals surface area contributed by atoms with Crippen molar-refractivity contribution in [1.82, 2.24) is 0 Å². The lowest BCUT2D eigenvalue weighted by Crippen LogP contribution is -2.30. The van der Waals surface area contributed by atoms with Gasteiger partial charge in [0, 0.05) is 0 Å². The summed E-state index contributed by atoms with van der Waals surface area (Å²) in [5.74, 6) is -0.994. The van der Waals surface area contributed by atoms with E-state index in [1.165, 1.54) is 12.1 Å². The maximum Gasteiger partial charge on any atom is 0.416 e. The van der Waals surface area contributed by atoms with E-state index in [1.54, 1.807) is 0 Å². The van der Waals surface area contributed by atoms with E-state index in [4.69, 9.17) is 11.5 Å². The topological polar surface area (TPSA) is 69.1 Å². The van der Waals surface area contributed by atoms with Gasteiger partial charge in [0.25, 0.3) is 0 Å². The maximum atomic E-state index is 12.5. The lowest BCUT2D eigenvalue weighted by Gasteiger charge is -2.15. The summed E-state index contributed by atoms with van der Waals surface area (Å²) in [6.07, 6.45) is -4.54. The van der Waals surface area contributed by atoms with E-state index >= 15 is 0 Å². The minimum atomic E-state index is -4.54. The summed E-state index contributed by atoms with van der Waals surface area (Å²) in [7, 11) is 0. The molecule has 3 nitrogen and oxygen atoms in total. The van der Waals surface area contributed by atoms with Crippen molar-refractivity contribution >= 4 is 5.91 Å². The minimum absolute atomic E-state index is 0.308. The Kier molecular flexibility index (Phi) is 2.99. The van der Waals surface area contributed by atoms with Crippen LogP contribution in [-0.4, -0.2) is 5.91 Å². The van der Waals surface area contributed by atoms with Crippen molar-refractivity contribution in [2.45, 2.75) is 12.2 Å². The number of nitrogens with two attached hydrogens (primary N) is 2. The van der Waals surface area contributed by atoms with Gasteiger partial charge < -0.3 is 11.5 Å². The molecule has 0 radical (unpaired) electrons. The highest BCUT2D eigenvalue weighted by atomic mass is 19.4. The fraction of sp³-hybridized carbons (Fsp3) is 0.222. The second kappa shape index (κ2) is 3.90. The fourth-order valence-electron chi connectivity index (χ4n) is 1.18. The van der Waals surface area contributed by atoms with E-state index < -0.39 is 23.7 Å². The number of carbonyl (C=O) groups excluding carboxylic acids is 1. The van der Waals surface area contributed by atoms with Crippen molar-refractivity contribution < 1.29 is 18.0 Å². The molecule has 1 amide bonds.